The molecule has 0 bridgehead atoms. The number of rotatable bonds is 5. The molecule has 112 valence electrons. The zero-order chi connectivity index (χ0) is 14.5. The number of aryl methyl sites for hydroxylation is 1. The second-order valence-corrected chi connectivity index (χ2v) is 6.16. The topological polar surface area (TPSA) is 24.5 Å². The summed E-state index contributed by atoms with van der Waals surface area (Å²) in [6.07, 6.45) is 2.49. The van der Waals surface area contributed by atoms with Crippen molar-refractivity contribution in [1.82, 2.24) is 5.32 Å². The highest BCUT2D eigenvalue weighted by atomic mass is 16.5. The monoisotopic (exact) mass is 276 g/mol. The molecule has 0 spiro atoms. The van der Waals surface area contributed by atoms with Gasteiger partial charge in [-0.15, -0.1) is 0 Å². The van der Waals surface area contributed by atoms with E-state index < -0.39 is 0 Å². The molecule has 0 aliphatic carbocycles. The molecular weight excluding hydrogens is 248 g/mol. The molecule has 0 amide bonds. The van der Waals surface area contributed by atoms with Crippen LogP contribution in [0.4, 0.5) is 5.69 Å². The number of nitrogens with one attached hydrogen (secondary N) is 1. The number of anilines is 1. The van der Waals surface area contributed by atoms with E-state index in [0.29, 0.717) is 12.0 Å². The van der Waals surface area contributed by atoms with E-state index in [0.717, 1.165) is 19.8 Å². The van der Waals surface area contributed by atoms with Gasteiger partial charge in [0, 0.05) is 39.0 Å². The molecule has 1 heterocycles. The van der Waals surface area contributed by atoms with E-state index in [2.05, 4.69) is 56.4 Å². The van der Waals surface area contributed by atoms with Crippen molar-refractivity contribution in [3.05, 3.63) is 29.3 Å². The van der Waals surface area contributed by atoms with Gasteiger partial charge >= 0.3 is 0 Å². The second kappa shape index (κ2) is 7.09. The van der Waals surface area contributed by atoms with E-state index in [1.807, 2.05) is 0 Å². The van der Waals surface area contributed by atoms with Crippen LogP contribution in [-0.4, -0.2) is 33.4 Å². The SMILES string of the molecule is Cc1cc(CN[C@H](C)[C@H]2CCCOC2)ccc1N(C)C. The quantitative estimate of drug-likeness (QED) is 0.895. The first-order valence-electron chi connectivity index (χ1n) is 7.66. The van der Waals surface area contributed by atoms with Gasteiger partial charge in [0.1, 0.15) is 0 Å². The molecule has 1 aliphatic heterocycles. The summed E-state index contributed by atoms with van der Waals surface area (Å²) in [6.45, 7) is 7.24. The fraction of sp³-hybridized carbons (Fsp3) is 0.647. The summed E-state index contributed by atoms with van der Waals surface area (Å²) >= 11 is 0. The first-order chi connectivity index (χ1) is 9.58. The molecule has 1 fully saturated rings. The summed E-state index contributed by atoms with van der Waals surface area (Å²) < 4.78 is 5.57. The lowest BCUT2D eigenvalue weighted by atomic mass is 9.95. The Morgan fingerprint density at radius 2 is 2.20 bits per heavy atom. The maximum Gasteiger partial charge on any atom is 0.0509 e. The number of hydrogen-bond acceptors (Lipinski definition) is 3. The van der Waals surface area contributed by atoms with Crippen molar-refractivity contribution >= 4 is 5.69 Å². The minimum Gasteiger partial charge on any atom is -0.381 e. The van der Waals surface area contributed by atoms with Crippen molar-refractivity contribution in [3.8, 4) is 0 Å². The highest BCUT2D eigenvalue weighted by Crippen LogP contribution is 2.20. The van der Waals surface area contributed by atoms with Crippen LogP contribution in [0.1, 0.15) is 30.9 Å². The first-order valence-corrected chi connectivity index (χ1v) is 7.66. The Morgan fingerprint density at radius 3 is 2.80 bits per heavy atom. The standard InChI is InChI=1S/C17H28N2O/c1-13-10-15(7-8-17(13)19(3)4)11-18-14(2)16-6-5-9-20-12-16/h7-8,10,14,16,18H,5-6,9,11-12H2,1-4H3/t14-,16+/m1/s1. The van der Waals surface area contributed by atoms with Gasteiger partial charge in [0.25, 0.3) is 0 Å². The van der Waals surface area contributed by atoms with E-state index in [1.54, 1.807) is 0 Å². The number of ether oxygens (including phenoxy) is 1. The largest absolute Gasteiger partial charge is 0.381 e. The second-order valence-electron chi connectivity index (χ2n) is 6.16. The van der Waals surface area contributed by atoms with Gasteiger partial charge in [-0.2, -0.15) is 0 Å². The lowest BCUT2D eigenvalue weighted by molar-refractivity contribution is 0.0417. The predicted molar refractivity (Wildman–Crippen MR) is 85.4 cm³/mol. The molecule has 2 rings (SSSR count). The third kappa shape index (κ3) is 3.97. The number of benzene rings is 1. The molecule has 0 unspecified atom stereocenters. The van der Waals surface area contributed by atoms with Crippen LogP contribution in [0, 0.1) is 12.8 Å². The van der Waals surface area contributed by atoms with Gasteiger partial charge < -0.3 is 15.0 Å². The Morgan fingerprint density at radius 1 is 1.40 bits per heavy atom. The van der Waals surface area contributed by atoms with E-state index in [-0.39, 0.29) is 0 Å². The van der Waals surface area contributed by atoms with Gasteiger partial charge in [0.15, 0.2) is 0 Å². The van der Waals surface area contributed by atoms with Gasteiger partial charge in [-0.1, -0.05) is 12.1 Å². The highest BCUT2D eigenvalue weighted by Gasteiger charge is 2.20. The van der Waals surface area contributed by atoms with E-state index in [9.17, 15) is 0 Å². The molecule has 0 saturated carbocycles. The Kier molecular flexibility index (Phi) is 5.44. The fourth-order valence-electron chi connectivity index (χ4n) is 2.93. The molecule has 3 nitrogen and oxygen atoms in total. The van der Waals surface area contributed by atoms with Gasteiger partial charge in [-0.3, -0.25) is 0 Å². The molecule has 1 aliphatic rings. The van der Waals surface area contributed by atoms with E-state index in [1.165, 1.54) is 29.7 Å². The predicted octanol–water partition coefficient (Wildman–Crippen LogP) is 2.97. The smallest absolute Gasteiger partial charge is 0.0509 e. The van der Waals surface area contributed by atoms with E-state index in [4.69, 9.17) is 4.74 Å². The number of nitrogens with zero attached hydrogens (tertiary/aromatic N) is 1. The molecule has 0 radical (unpaired) electrons. The van der Waals surface area contributed by atoms with Crippen LogP contribution < -0.4 is 10.2 Å². The highest BCUT2D eigenvalue weighted by molar-refractivity contribution is 5.53. The van der Waals surface area contributed by atoms with Crippen LogP contribution >= 0.6 is 0 Å². The average molecular weight is 276 g/mol. The molecule has 3 heteroatoms. The van der Waals surface area contributed by atoms with Crippen molar-refractivity contribution < 1.29 is 4.74 Å². The Labute approximate surface area is 123 Å². The third-order valence-electron chi connectivity index (χ3n) is 4.27. The molecule has 1 saturated heterocycles. The Hall–Kier alpha value is -1.06. The lowest BCUT2D eigenvalue weighted by Crippen LogP contribution is -2.37. The fourth-order valence-corrected chi connectivity index (χ4v) is 2.93. The van der Waals surface area contributed by atoms with Gasteiger partial charge in [0.2, 0.25) is 0 Å². The van der Waals surface area contributed by atoms with Crippen LogP contribution in [0.3, 0.4) is 0 Å². The summed E-state index contributed by atoms with van der Waals surface area (Å²) in [5, 5.41) is 3.65. The van der Waals surface area contributed by atoms with Crippen LogP contribution in [-0.2, 0) is 11.3 Å². The zero-order valence-electron chi connectivity index (χ0n) is 13.3. The molecule has 2 atom stereocenters. The maximum atomic E-state index is 5.57. The van der Waals surface area contributed by atoms with Gasteiger partial charge in [0.05, 0.1) is 6.61 Å². The van der Waals surface area contributed by atoms with Gasteiger partial charge in [-0.25, -0.2) is 0 Å². The zero-order valence-corrected chi connectivity index (χ0v) is 13.3. The summed E-state index contributed by atoms with van der Waals surface area (Å²) in [7, 11) is 4.18. The first kappa shape index (κ1) is 15.3. The van der Waals surface area contributed by atoms with Crippen molar-refractivity contribution in [2.24, 2.45) is 5.92 Å². The van der Waals surface area contributed by atoms with Crippen LogP contribution in [0.5, 0.6) is 0 Å². The van der Waals surface area contributed by atoms with Crippen LogP contribution in [0.25, 0.3) is 0 Å². The van der Waals surface area contributed by atoms with Crippen molar-refractivity contribution in [1.29, 1.82) is 0 Å². The van der Waals surface area contributed by atoms with Gasteiger partial charge in [-0.05, 0) is 49.8 Å². The van der Waals surface area contributed by atoms with Crippen LogP contribution in [0.2, 0.25) is 0 Å². The molecule has 1 aromatic rings. The Balaban J connectivity index is 1.88. The lowest BCUT2D eigenvalue weighted by Gasteiger charge is -2.28. The van der Waals surface area contributed by atoms with E-state index >= 15 is 0 Å². The molecule has 1 N–H and O–H groups in total. The third-order valence-corrected chi connectivity index (χ3v) is 4.27. The van der Waals surface area contributed by atoms with Crippen molar-refractivity contribution in [2.45, 2.75) is 39.3 Å². The molecular formula is C17H28N2O. The summed E-state index contributed by atoms with van der Waals surface area (Å²) in [6, 6.07) is 7.23. The molecule has 1 aromatic carbocycles. The number of hydrogen-bond donors (Lipinski definition) is 1. The summed E-state index contributed by atoms with van der Waals surface area (Å²) in [5.74, 6) is 0.658. The maximum absolute atomic E-state index is 5.57. The van der Waals surface area contributed by atoms with Crippen molar-refractivity contribution in [3.63, 3.8) is 0 Å². The summed E-state index contributed by atoms with van der Waals surface area (Å²) in [4.78, 5) is 2.16. The Bertz CT molecular complexity index is 425. The van der Waals surface area contributed by atoms with Crippen molar-refractivity contribution in [2.75, 3.05) is 32.2 Å². The average Bonchev–Trinajstić information content (AvgIpc) is 2.45. The van der Waals surface area contributed by atoms with Crippen LogP contribution in [0.15, 0.2) is 18.2 Å². The minimum atomic E-state index is 0.518. The molecule has 20 heavy (non-hydrogen) atoms. The minimum absolute atomic E-state index is 0.518. The summed E-state index contributed by atoms with van der Waals surface area (Å²) in [5.41, 5.74) is 3.99. The normalized spacial score (nSPS) is 20.7. The molecule has 0 aromatic heterocycles.